The first-order chi connectivity index (χ1) is 16.3. The molecule has 2 N–H and O–H groups in total. The zero-order valence-electron chi connectivity index (χ0n) is 18.8. The minimum absolute atomic E-state index is 0.0435. The van der Waals surface area contributed by atoms with Crippen LogP contribution < -0.4 is 10.2 Å². The third-order valence-corrected chi connectivity index (χ3v) is 7.24. The summed E-state index contributed by atoms with van der Waals surface area (Å²) in [6.07, 6.45) is 2.01. The molecule has 1 aromatic carbocycles. The summed E-state index contributed by atoms with van der Waals surface area (Å²) < 4.78 is 27.9. The number of pyridine rings is 1. The van der Waals surface area contributed by atoms with Gasteiger partial charge in [-0.05, 0) is 56.0 Å². The van der Waals surface area contributed by atoms with Gasteiger partial charge in [0.15, 0.2) is 5.78 Å². The lowest BCUT2D eigenvalue weighted by Gasteiger charge is -2.46. The van der Waals surface area contributed by atoms with E-state index in [1.54, 1.807) is 13.0 Å². The van der Waals surface area contributed by atoms with E-state index < -0.39 is 35.2 Å². The number of aromatic nitrogens is 1. The van der Waals surface area contributed by atoms with Crippen LogP contribution in [0, 0.1) is 11.6 Å². The van der Waals surface area contributed by atoms with Crippen LogP contribution in [0.15, 0.2) is 36.5 Å². The quantitative estimate of drug-likeness (QED) is 0.632. The number of nitrogens with zero attached hydrogens (tertiary/aromatic N) is 3. The summed E-state index contributed by atoms with van der Waals surface area (Å²) in [6, 6.07) is 6.51. The number of piperidine rings is 1. The highest BCUT2D eigenvalue weighted by molar-refractivity contribution is 6.30. The highest BCUT2D eigenvalue weighted by atomic mass is 35.5. The van der Waals surface area contributed by atoms with Crippen molar-refractivity contribution in [3.8, 4) is 0 Å². The van der Waals surface area contributed by atoms with E-state index in [4.69, 9.17) is 11.6 Å². The topological polar surface area (TPSA) is 85.8 Å². The molecule has 0 aliphatic carbocycles. The van der Waals surface area contributed by atoms with E-state index in [-0.39, 0.29) is 23.9 Å². The fourth-order valence-corrected chi connectivity index (χ4v) is 5.51. The first kappa shape index (κ1) is 24.3. The number of carbonyl (C=O) groups excluding carboxylic acids is 1. The third kappa shape index (κ3) is 4.22. The van der Waals surface area contributed by atoms with E-state index >= 15 is 0 Å². The number of hydrogen-bond acceptors (Lipinski definition) is 5. The van der Waals surface area contributed by atoms with Crippen LogP contribution in [0.4, 0.5) is 19.4 Å². The van der Waals surface area contributed by atoms with Gasteiger partial charge < -0.3 is 15.3 Å². The monoisotopic (exact) mass is 492 g/mol. The Morgan fingerprint density at radius 1 is 1.29 bits per heavy atom. The summed E-state index contributed by atoms with van der Waals surface area (Å²) >= 11 is 5.88. The van der Waals surface area contributed by atoms with Crippen LogP contribution in [-0.2, 0) is 4.79 Å². The van der Waals surface area contributed by atoms with E-state index in [0.29, 0.717) is 30.9 Å². The molecule has 2 aliphatic heterocycles. The van der Waals surface area contributed by atoms with Crippen molar-refractivity contribution >= 4 is 29.3 Å². The molecule has 0 bridgehead atoms. The Kier molecular flexibility index (Phi) is 7.04. The van der Waals surface area contributed by atoms with Crippen molar-refractivity contribution in [2.75, 3.05) is 31.1 Å². The summed E-state index contributed by atoms with van der Waals surface area (Å²) in [4.78, 5) is 34.0. The Labute approximate surface area is 201 Å². The lowest BCUT2D eigenvalue weighted by Crippen LogP contribution is -2.66. The van der Waals surface area contributed by atoms with Gasteiger partial charge in [0, 0.05) is 32.1 Å². The van der Waals surface area contributed by atoms with Crippen molar-refractivity contribution in [2.24, 2.45) is 0 Å². The molecule has 2 aliphatic rings. The Bertz CT molecular complexity index is 1070. The van der Waals surface area contributed by atoms with Crippen LogP contribution in [0.25, 0.3) is 0 Å². The lowest BCUT2D eigenvalue weighted by atomic mass is 9.73. The maximum Gasteiger partial charge on any atom is 0.408 e. The number of carbonyl (C=O) groups is 2. The SMILES string of the molecule is CCN(C(=O)O)[C@]1(C(=O)C2CCCCN2c2ccc(F)cn2)CNC[C@H]1c1ccc(Cl)c(F)c1. The van der Waals surface area contributed by atoms with Gasteiger partial charge in [0.05, 0.1) is 17.3 Å². The zero-order chi connectivity index (χ0) is 24.5. The molecule has 2 aromatic rings. The molecule has 7 nitrogen and oxygen atoms in total. The average Bonchev–Trinajstić information content (AvgIpc) is 3.26. The fourth-order valence-electron chi connectivity index (χ4n) is 5.39. The van der Waals surface area contributed by atoms with Crippen LogP contribution >= 0.6 is 11.6 Å². The number of amides is 1. The predicted molar refractivity (Wildman–Crippen MR) is 124 cm³/mol. The summed E-state index contributed by atoms with van der Waals surface area (Å²) in [6.45, 7) is 2.70. The summed E-state index contributed by atoms with van der Waals surface area (Å²) in [7, 11) is 0. The van der Waals surface area contributed by atoms with Crippen LogP contribution in [0.3, 0.4) is 0 Å². The number of Topliss-reactive ketones (excluding diaryl/α,β-unsaturated/α-hetero) is 1. The van der Waals surface area contributed by atoms with Gasteiger partial charge in [0.1, 0.15) is 23.0 Å². The molecule has 2 saturated heterocycles. The van der Waals surface area contributed by atoms with Gasteiger partial charge >= 0.3 is 6.09 Å². The number of nitrogens with one attached hydrogen (secondary N) is 1. The number of ketones is 1. The maximum absolute atomic E-state index is 14.4. The molecule has 1 unspecified atom stereocenters. The molecule has 1 amide bonds. The molecule has 34 heavy (non-hydrogen) atoms. The molecule has 0 radical (unpaired) electrons. The molecule has 1 aromatic heterocycles. The van der Waals surface area contributed by atoms with Crippen molar-refractivity contribution in [2.45, 2.75) is 43.7 Å². The Balaban J connectivity index is 1.81. The van der Waals surface area contributed by atoms with Crippen LogP contribution in [0.1, 0.15) is 37.7 Å². The highest BCUT2D eigenvalue weighted by Gasteiger charge is 2.57. The van der Waals surface area contributed by atoms with Crippen molar-refractivity contribution in [3.05, 3.63) is 58.7 Å². The second-order valence-electron chi connectivity index (χ2n) is 8.71. The van der Waals surface area contributed by atoms with Gasteiger partial charge in [0.2, 0.25) is 0 Å². The zero-order valence-corrected chi connectivity index (χ0v) is 19.6. The lowest BCUT2D eigenvalue weighted by molar-refractivity contribution is -0.132. The van der Waals surface area contributed by atoms with Gasteiger partial charge in [-0.1, -0.05) is 17.7 Å². The molecular formula is C24H27ClF2N4O3. The van der Waals surface area contributed by atoms with E-state index in [9.17, 15) is 23.5 Å². The van der Waals surface area contributed by atoms with Gasteiger partial charge in [0.25, 0.3) is 0 Å². The van der Waals surface area contributed by atoms with Crippen molar-refractivity contribution in [1.29, 1.82) is 0 Å². The van der Waals surface area contributed by atoms with E-state index in [1.165, 1.54) is 24.3 Å². The first-order valence-electron chi connectivity index (χ1n) is 11.4. The number of hydrogen-bond donors (Lipinski definition) is 2. The Hall–Kier alpha value is -2.78. The summed E-state index contributed by atoms with van der Waals surface area (Å²) in [5, 5.41) is 13.2. The molecule has 0 saturated carbocycles. The molecule has 3 heterocycles. The van der Waals surface area contributed by atoms with Crippen LogP contribution in [-0.4, -0.2) is 64.6 Å². The number of rotatable bonds is 6. The maximum atomic E-state index is 14.4. The molecule has 0 spiro atoms. The number of benzene rings is 1. The largest absolute Gasteiger partial charge is 0.465 e. The molecule has 3 atom stereocenters. The van der Waals surface area contributed by atoms with E-state index in [1.807, 2.05) is 4.90 Å². The number of likely N-dealkylation sites (N-methyl/N-ethyl adjacent to an activating group) is 1. The fraction of sp³-hybridized carbons (Fsp3) is 0.458. The smallest absolute Gasteiger partial charge is 0.408 e. The summed E-state index contributed by atoms with van der Waals surface area (Å²) in [5.74, 6) is -1.53. The first-order valence-corrected chi connectivity index (χ1v) is 11.8. The standard InChI is InChI=1S/C24H27ClF2N4O3/c1-2-31(23(33)34)24(14-28-13-17(24)15-6-8-18(25)19(27)11-15)22(32)20-5-3-4-10-30(20)21-9-7-16(26)12-29-21/h6-9,11-12,17,20,28H,2-5,10,13-14H2,1H3,(H,33,34)/t17-,20?,24+/m0/s1. The van der Waals surface area contributed by atoms with Gasteiger partial charge in [-0.15, -0.1) is 0 Å². The number of carboxylic acid groups (broad SMARTS) is 1. The molecule has 4 rings (SSSR count). The predicted octanol–water partition coefficient (Wildman–Crippen LogP) is 4.07. The van der Waals surface area contributed by atoms with Gasteiger partial charge in [-0.3, -0.25) is 9.69 Å². The molecule has 2 fully saturated rings. The van der Waals surface area contributed by atoms with Crippen LogP contribution in [0.2, 0.25) is 5.02 Å². The minimum Gasteiger partial charge on any atom is -0.465 e. The number of anilines is 1. The summed E-state index contributed by atoms with van der Waals surface area (Å²) in [5.41, 5.74) is -0.955. The van der Waals surface area contributed by atoms with Gasteiger partial charge in [-0.2, -0.15) is 0 Å². The van der Waals surface area contributed by atoms with Crippen molar-refractivity contribution < 1.29 is 23.5 Å². The Morgan fingerprint density at radius 3 is 2.74 bits per heavy atom. The molecular weight excluding hydrogens is 466 g/mol. The van der Waals surface area contributed by atoms with E-state index in [0.717, 1.165) is 23.9 Å². The van der Waals surface area contributed by atoms with E-state index in [2.05, 4.69) is 10.3 Å². The third-order valence-electron chi connectivity index (χ3n) is 6.93. The highest BCUT2D eigenvalue weighted by Crippen LogP contribution is 2.41. The Morgan fingerprint density at radius 2 is 2.09 bits per heavy atom. The number of halogens is 3. The second-order valence-corrected chi connectivity index (χ2v) is 9.12. The normalized spacial score (nSPS) is 24.8. The average molecular weight is 493 g/mol. The second kappa shape index (κ2) is 9.84. The molecule has 10 heteroatoms. The molecule has 182 valence electrons. The van der Waals surface area contributed by atoms with Crippen molar-refractivity contribution in [1.82, 2.24) is 15.2 Å². The van der Waals surface area contributed by atoms with Crippen molar-refractivity contribution in [3.63, 3.8) is 0 Å². The minimum atomic E-state index is -1.46. The van der Waals surface area contributed by atoms with Gasteiger partial charge in [-0.25, -0.2) is 18.6 Å². The van der Waals surface area contributed by atoms with Crippen LogP contribution in [0.5, 0.6) is 0 Å².